The van der Waals surface area contributed by atoms with Gasteiger partial charge in [0.25, 0.3) is 5.91 Å². The molecule has 7 heteroatoms. The summed E-state index contributed by atoms with van der Waals surface area (Å²) in [5, 5.41) is 6.19. The Labute approximate surface area is 174 Å². The van der Waals surface area contributed by atoms with Crippen molar-refractivity contribution >= 4 is 40.2 Å². The standard InChI is InChI=1S/C22H24N2O4S/c1-4-28-22(27)19-13(2)14(3)29-21(19)24-18(25)12-7-15-5-8-16(9-6-15)20(26)23-17-10-11-17/h5-9,12,17H,4,10-11H2,1-3H3,(H,23,26)(H,24,25)/b12-7+. The molecule has 1 aromatic heterocycles. The lowest BCUT2D eigenvalue weighted by Crippen LogP contribution is -2.25. The molecule has 2 N–H and O–H groups in total. The number of hydrogen-bond donors (Lipinski definition) is 2. The summed E-state index contributed by atoms with van der Waals surface area (Å²) in [5.41, 5.74) is 2.62. The summed E-state index contributed by atoms with van der Waals surface area (Å²) in [4.78, 5) is 37.5. The molecule has 1 aliphatic rings. The van der Waals surface area contributed by atoms with Gasteiger partial charge in [-0.1, -0.05) is 12.1 Å². The van der Waals surface area contributed by atoms with E-state index in [0.29, 0.717) is 22.2 Å². The number of hydrogen-bond acceptors (Lipinski definition) is 5. The number of anilines is 1. The number of carbonyl (C=O) groups is 3. The van der Waals surface area contributed by atoms with Gasteiger partial charge >= 0.3 is 5.97 Å². The molecule has 0 aliphatic heterocycles. The summed E-state index contributed by atoms with van der Waals surface area (Å²) in [5.74, 6) is -0.850. The summed E-state index contributed by atoms with van der Waals surface area (Å²) in [6, 6.07) is 7.36. The third kappa shape index (κ3) is 5.32. The molecule has 1 heterocycles. The summed E-state index contributed by atoms with van der Waals surface area (Å²) in [7, 11) is 0. The van der Waals surface area contributed by atoms with E-state index in [0.717, 1.165) is 28.8 Å². The van der Waals surface area contributed by atoms with E-state index in [1.54, 1.807) is 37.3 Å². The van der Waals surface area contributed by atoms with E-state index in [4.69, 9.17) is 4.74 Å². The van der Waals surface area contributed by atoms with Gasteiger partial charge in [0.15, 0.2) is 0 Å². The summed E-state index contributed by atoms with van der Waals surface area (Å²) < 4.78 is 5.10. The third-order valence-electron chi connectivity index (χ3n) is 4.61. The number of rotatable bonds is 7. The summed E-state index contributed by atoms with van der Waals surface area (Å²) in [6.45, 7) is 5.75. The zero-order chi connectivity index (χ0) is 21.0. The first-order valence-corrected chi connectivity index (χ1v) is 10.4. The molecule has 0 unspecified atom stereocenters. The van der Waals surface area contributed by atoms with Crippen LogP contribution in [0.4, 0.5) is 5.00 Å². The van der Waals surface area contributed by atoms with Crippen molar-refractivity contribution in [1.29, 1.82) is 0 Å². The van der Waals surface area contributed by atoms with Gasteiger partial charge in [0.1, 0.15) is 5.00 Å². The van der Waals surface area contributed by atoms with E-state index in [2.05, 4.69) is 10.6 Å². The van der Waals surface area contributed by atoms with Crippen LogP contribution in [0.15, 0.2) is 30.3 Å². The average molecular weight is 413 g/mol. The van der Waals surface area contributed by atoms with E-state index in [1.165, 1.54) is 17.4 Å². The maximum atomic E-state index is 12.3. The van der Waals surface area contributed by atoms with Crippen LogP contribution in [0.2, 0.25) is 0 Å². The monoisotopic (exact) mass is 412 g/mol. The Bertz CT molecular complexity index is 956. The van der Waals surface area contributed by atoms with Crippen molar-refractivity contribution in [2.45, 2.75) is 39.7 Å². The SMILES string of the molecule is CCOC(=O)c1c(NC(=O)/C=C/c2ccc(C(=O)NC3CC3)cc2)sc(C)c1C. The van der Waals surface area contributed by atoms with Crippen LogP contribution in [0.5, 0.6) is 0 Å². The second kappa shape index (κ2) is 9.05. The minimum atomic E-state index is -0.436. The topological polar surface area (TPSA) is 84.5 Å². The minimum absolute atomic E-state index is 0.0734. The molecule has 1 saturated carbocycles. The average Bonchev–Trinajstić information content (AvgIpc) is 3.46. The lowest BCUT2D eigenvalue weighted by Gasteiger charge is -2.05. The van der Waals surface area contributed by atoms with E-state index in [-0.39, 0.29) is 18.4 Å². The molecular formula is C22H24N2O4S. The molecule has 0 spiro atoms. The molecule has 1 fully saturated rings. The van der Waals surface area contributed by atoms with Crippen molar-refractivity contribution in [3.63, 3.8) is 0 Å². The predicted octanol–water partition coefficient (Wildman–Crippen LogP) is 4.09. The van der Waals surface area contributed by atoms with Gasteiger partial charge in [-0.25, -0.2) is 4.79 Å². The van der Waals surface area contributed by atoms with Gasteiger partial charge in [0.05, 0.1) is 12.2 Å². The highest BCUT2D eigenvalue weighted by Crippen LogP contribution is 2.33. The zero-order valence-electron chi connectivity index (χ0n) is 16.7. The lowest BCUT2D eigenvalue weighted by molar-refractivity contribution is -0.111. The van der Waals surface area contributed by atoms with Crippen molar-refractivity contribution in [2.24, 2.45) is 0 Å². The fourth-order valence-electron chi connectivity index (χ4n) is 2.73. The zero-order valence-corrected chi connectivity index (χ0v) is 17.5. The van der Waals surface area contributed by atoms with Crippen LogP contribution in [0, 0.1) is 13.8 Å². The largest absolute Gasteiger partial charge is 0.462 e. The Kier molecular flexibility index (Phi) is 6.49. The first-order valence-electron chi connectivity index (χ1n) is 9.56. The van der Waals surface area contributed by atoms with Gasteiger partial charge in [0.2, 0.25) is 5.91 Å². The molecule has 2 aromatic rings. The number of carbonyl (C=O) groups excluding carboxylic acids is 3. The number of amides is 2. The first-order chi connectivity index (χ1) is 13.9. The molecule has 1 aliphatic carbocycles. The number of thiophene rings is 1. The van der Waals surface area contributed by atoms with Crippen LogP contribution in [-0.4, -0.2) is 30.4 Å². The van der Waals surface area contributed by atoms with Crippen LogP contribution in [0.25, 0.3) is 6.08 Å². The minimum Gasteiger partial charge on any atom is -0.462 e. The maximum Gasteiger partial charge on any atom is 0.341 e. The molecule has 2 amide bonds. The molecule has 1 aromatic carbocycles. The van der Waals surface area contributed by atoms with Crippen LogP contribution in [0.1, 0.15) is 56.5 Å². The number of ether oxygens (including phenoxy) is 1. The predicted molar refractivity (Wildman–Crippen MR) is 114 cm³/mol. The van der Waals surface area contributed by atoms with Gasteiger partial charge in [-0.3, -0.25) is 9.59 Å². The van der Waals surface area contributed by atoms with Crippen molar-refractivity contribution in [3.05, 3.63) is 57.5 Å². The highest BCUT2D eigenvalue weighted by atomic mass is 32.1. The fourth-order valence-corrected chi connectivity index (χ4v) is 3.78. The van der Waals surface area contributed by atoms with E-state index in [1.807, 2.05) is 13.8 Å². The maximum absolute atomic E-state index is 12.3. The molecule has 29 heavy (non-hydrogen) atoms. The van der Waals surface area contributed by atoms with Crippen LogP contribution in [0.3, 0.4) is 0 Å². The second-order valence-corrected chi connectivity index (χ2v) is 8.12. The van der Waals surface area contributed by atoms with Crippen molar-refractivity contribution in [1.82, 2.24) is 5.32 Å². The van der Waals surface area contributed by atoms with Gasteiger partial charge < -0.3 is 15.4 Å². The van der Waals surface area contributed by atoms with E-state index in [9.17, 15) is 14.4 Å². The Hall–Kier alpha value is -2.93. The van der Waals surface area contributed by atoms with Gasteiger partial charge in [-0.05, 0) is 62.9 Å². The fraction of sp³-hybridized carbons (Fsp3) is 0.318. The number of nitrogens with one attached hydrogen (secondary N) is 2. The highest BCUT2D eigenvalue weighted by Gasteiger charge is 2.23. The summed E-state index contributed by atoms with van der Waals surface area (Å²) >= 11 is 1.35. The Morgan fingerprint density at radius 2 is 1.86 bits per heavy atom. The Morgan fingerprint density at radius 1 is 1.17 bits per heavy atom. The molecule has 0 radical (unpaired) electrons. The van der Waals surface area contributed by atoms with Gasteiger partial charge in [0, 0.05) is 22.6 Å². The van der Waals surface area contributed by atoms with Crippen LogP contribution >= 0.6 is 11.3 Å². The van der Waals surface area contributed by atoms with E-state index < -0.39 is 5.97 Å². The molecule has 0 saturated heterocycles. The van der Waals surface area contributed by atoms with Crippen molar-refractivity contribution in [3.8, 4) is 0 Å². The number of aryl methyl sites for hydroxylation is 1. The van der Waals surface area contributed by atoms with Crippen LogP contribution in [-0.2, 0) is 9.53 Å². The number of esters is 1. The first kappa shape index (κ1) is 20.8. The Balaban J connectivity index is 1.64. The van der Waals surface area contributed by atoms with Crippen LogP contribution < -0.4 is 10.6 Å². The van der Waals surface area contributed by atoms with Gasteiger partial charge in [-0.15, -0.1) is 11.3 Å². The normalized spacial score (nSPS) is 13.3. The third-order valence-corrected chi connectivity index (χ3v) is 5.74. The van der Waals surface area contributed by atoms with E-state index >= 15 is 0 Å². The number of benzene rings is 1. The Morgan fingerprint density at radius 3 is 2.48 bits per heavy atom. The summed E-state index contributed by atoms with van der Waals surface area (Å²) in [6.07, 6.45) is 5.15. The molecular weight excluding hydrogens is 388 g/mol. The van der Waals surface area contributed by atoms with Gasteiger partial charge in [-0.2, -0.15) is 0 Å². The second-order valence-electron chi connectivity index (χ2n) is 6.90. The highest BCUT2D eigenvalue weighted by molar-refractivity contribution is 7.16. The molecule has 152 valence electrons. The molecule has 0 atom stereocenters. The molecule has 3 rings (SSSR count). The molecule has 0 bridgehead atoms. The smallest absolute Gasteiger partial charge is 0.341 e. The lowest BCUT2D eigenvalue weighted by atomic mass is 10.1. The van der Waals surface area contributed by atoms with Crippen molar-refractivity contribution < 1.29 is 19.1 Å². The quantitative estimate of drug-likeness (QED) is 0.530. The molecule has 6 nitrogen and oxygen atoms in total. The van der Waals surface area contributed by atoms with Crippen molar-refractivity contribution in [2.75, 3.05) is 11.9 Å².